The normalized spacial score (nSPS) is 10.7. The van der Waals surface area contributed by atoms with E-state index in [1.165, 1.54) is 0 Å². The highest BCUT2D eigenvalue weighted by molar-refractivity contribution is 6.31. The molecule has 2 aromatic heterocycles. The van der Waals surface area contributed by atoms with Gasteiger partial charge in [0, 0.05) is 42.0 Å². The molecule has 0 aliphatic carbocycles. The van der Waals surface area contributed by atoms with E-state index in [1.807, 2.05) is 30.3 Å². The molecule has 0 atom stereocenters. The number of aromatic nitrogens is 2. The molecule has 1 aromatic carbocycles. The molecule has 1 N–H and O–H groups in total. The van der Waals surface area contributed by atoms with Crippen LogP contribution in [0.15, 0.2) is 30.3 Å². The molecule has 3 rings (SSSR count). The second-order valence-electron chi connectivity index (χ2n) is 6.92. The van der Waals surface area contributed by atoms with Crippen molar-refractivity contribution < 1.29 is 4.74 Å². The predicted octanol–water partition coefficient (Wildman–Crippen LogP) is 6.43. The highest BCUT2D eigenvalue weighted by atomic mass is 35.5. The molecule has 0 fully saturated rings. The summed E-state index contributed by atoms with van der Waals surface area (Å²) in [6.45, 7) is 8.48. The summed E-state index contributed by atoms with van der Waals surface area (Å²) in [5, 5.41) is 5.25. The number of unbranched alkanes of at least 4 members (excludes halogenated alkanes) is 1. The van der Waals surface area contributed by atoms with E-state index in [1.54, 1.807) is 0 Å². The van der Waals surface area contributed by atoms with Crippen LogP contribution in [0.2, 0.25) is 5.02 Å². The van der Waals surface area contributed by atoms with Crippen molar-refractivity contribution >= 4 is 75.6 Å². The molecule has 0 saturated carbocycles. The first-order valence-corrected chi connectivity index (χ1v) is 11.1. The summed E-state index contributed by atoms with van der Waals surface area (Å²) in [4.78, 5) is 11.8. The quantitative estimate of drug-likeness (QED) is 0.184. The smallest absolute Gasteiger partial charge is 0.213 e. The molecular weight excluding hydrogens is 478 g/mol. The molecule has 9 heteroatoms. The van der Waals surface area contributed by atoms with Crippen LogP contribution in [0.3, 0.4) is 0 Å². The minimum Gasteiger partial charge on any atom is -0.478 e. The Balaban J connectivity index is 0.00000240. The van der Waals surface area contributed by atoms with Crippen molar-refractivity contribution in [3.05, 3.63) is 35.4 Å². The van der Waals surface area contributed by atoms with Crippen LogP contribution in [0.1, 0.15) is 26.7 Å². The van der Waals surface area contributed by atoms with Gasteiger partial charge in [-0.2, -0.15) is 0 Å². The zero-order valence-electron chi connectivity index (χ0n) is 17.9. The predicted molar refractivity (Wildman–Crippen MR) is 138 cm³/mol. The Hall–Kier alpha value is -1.24. The first-order valence-electron chi connectivity index (χ1n) is 10.2. The van der Waals surface area contributed by atoms with Gasteiger partial charge in [0.05, 0.1) is 23.3 Å². The maximum absolute atomic E-state index is 6.20. The van der Waals surface area contributed by atoms with Crippen molar-refractivity contribution in [2.24, 2.45) is 0 Å². The summed E-state index contributed by atoms with van der Waals surface area (Å²) in [6, 6.07) is 9.61. The Labute approximate surface area is 206 Å². The van der Waals surface area contributed by atoms with Gasteiger partial charge in [0.25, 0.3) is 0 Å². The zero-order valence-corrected chi connectivity index (χ0v) is 21.0. The fraction of sp³-hybridized carbons (Fsp3) is 0.455. The van der Waals surface area contributed by atoms with Gasteiger partial charge in [-0.25, -0.2) is 9.97 Å². The van der Waals surface area contributed by atoms with E-state index in [-0.39, 0.29) is 24.8 Å². The van der Waals surface area contributed by atoms with Gasteiger partial charge in [-0.1, -0.05) is 31.9 Å². The number of nitrogens with zero attached hydrogens (tertiary/aromatic N) is 3. The van der Waals surface area contributed by atoms with Gasteiger partial charge in [-0.05, 0) is 37.2 Å². The summed E-state index contributed by atoms with van der Waals surface area (Å²) in [5.41, 5.74) is 3.44. The van der Waals surface area contributed by atoms with Crippen LogP contribution in [0.4, 0.5) is 5.69 Å². The average Bonchev–Trinajstić information content (AvgIpc) is 2.72. The highest BCUT2D eigenvalue weighted by Crippen LogP contribution is 2.32. The minimum atomic E-state index is 0. The summed E-state index contributed by atoms with van der Waals surface area (Å²) in [7, 11) is 0. The first-order chi connectivity index (χ1) is 14.2. The largest absolute Gasteiger partial charge is 0.478 e. The lowest BCUT2D eigenvalue weighted by Gasteiger charge is -2.20. The number of hydrogen-bond donors (Lipinski definition) is 1. The van der Waals surface area contributed by atoms with Gasteiger partial charge in [0.1, 0.15) is 5.52 Å². The van der Waals surface area contributed by atoms with Crippen LogP contribution >= 0.6 is 48.0 Å². The molecule has 0 amide bonds. The molecule has 0 saturated heterocycles. The molecular formula is C22H30Cl4N4O. The Morgan fingerprint density at radius 2 is 1.84 bits per heavy atom. The molecule has 0 spiro atoms. The third-order valence-corrected chi connectivity index (χ3v) is 5.28. The number of ether oxygens (including phenoxy) is 1. The summed E-state index contributed by atoms with van der Waals surface area (Å²) in [6.07, 6.45) is 2.09. The second kappa shape index (κ2) is 14.0. The van der Waals surface area contributed by atoms with Crippen molar-refractivity contribution in [1.29, 1.82) is 0 Å². The molecule has 2 heterocycles. The zero-order chi connectivity index (χ0) is 20.6. The number of anilines is 1. The maximum atomic E-state index is 6.20. The molecule has 0 unspecified atom stereocenters. The number of benzene rings is 1. The number of hydrogen-bond acceptors (Lipinski definition) is 5. The van der Waals surface area contributed by atoms with Crippen LogP contribution in [-0.2, 0) is 0 Å². The highest BCUT2D eigenvalue weighted by Gasteiger charge is 2.13. The van der Waals surface area contributed by atoms with Crippen LogP contribution < -0.4 is 10.1 Å². The molecule has 0 aliphatic rings. The lowest BCUT2D eigenvalue weighted by atomic mass is 10.1. The van der Waals surface area contributed by atoms with E-state index in [4.69, 9.17) is 37.9 Å². The molecule has 5 nitrogen and oxygen atoms in total. The number of halogens is 4. The summed E-state index contributed by atoms with van der Waals surface area (Å²) < 4.78 is 5.82. The summed E-state index contributed by atoms with van der Waals surface area (Å²) in [5.74, 6) is 1.26. The Morgan fingerprint density at radius 3 is 2.55 bits per heavy atom. The van der Waals surface area contributed by atoms with Crippen LogP contribution in [-0.4, -0.2) is 53.5 Å². The fourth-order valence-corrected chi connectivity index (χ4v) is 3.65. The molecule has 0 bridgehead atoms. The average molecular weight is 508 g/mol. The number of likely N-dealkylation sites (N-methyl/N-ethyl adjacent to an activating group) is 1. The fourth-order valence-electron chi connectivity index (χ4n) is 3.24. The van der Waals surface area contributed by atoms with E-state index in [0.29, 0.717) is 23.4 Å². The standard InChI is InChI=1S/C22H28Cl2N4O.2ClH/c1-3-5-14-29-20-9-8-18-22(27-20)21(25-11-13-28(4-2)12-10-23)17-7-6-16(24)15-19(17)26-18;;/h6-9,15H,3-5,10-14H2,1-2H3,(H,25,26);2*1H. The number of fused-ring (bicyclic) bond motifs is 2. The van der Waals surface area contributed by atoms with Crippen LogP contribution in [0.25, 0.3) is 21.9 Å². The maximum Gasteiger partial charge on any atom is 0.213 e. The van der Waals surface area contributed by atoms with E-state index in [9.17, 15) is 0 Å². The van der Waals surface area contributed by atoms with E-state index in [2.05, 4.69) is 24.1 Å². The Morgan fingerprint density at radius 1 is 1.03 bits per heavy atom. The van der Waals surface area contributed by atoms with E-state index in [0.717, 1.165) is 66.6 Å². The van der Waals surface area contributed by atoms with Crippen molar-refractivity contribution in [3.8, 4) is 5.88 Å². The molecule has 172 valence electrons. The van der Waals surface area contributed by atoms with Gasteiger partial charge in [0.15, 0.2) is 0 Å². The lowest BCUT2D eigenvalue weighted by molar-refractivity contribution is 0.299. The summed E-state index contributed by atoms with van der Waals surface area (Å²) >= 11 is 12.1. The molecule has 0 radical (unpaired) electrons. The van der Waals surface area contributed by atoms with Crippen molar-refractivity contribution in [2.75, 3.05) is 44.0 Å². The molecule has 31 heavy (non-hydrogen) atoms. The third kappa shape index (κ3) is 7.40. The van der Waals surface area contributed by atoms with Crippen LogP contribution in [0, 0.1) is 0 Å². The number of rotatable bonds is 11. The molecule has 3 aromatic rings. The van der Waals surface area contributed by atoms with Crippen molar-refractivity contribution in [1.82, 2.24) is 14.9 Å². The van der Waals surface area contributed by atoms with E-state index >= 15 is 0 Å². The monoisotopic (exact) mass is 506 g/mol. The van der Waals surface area contributed by atoms with Gasteiger partial charge >= 0.3 is 0 Å². The van der Waals surface area contributed by atoms with Gasteiger partial charge in [0.2, 0.25) is 5.88 Å². The SMILES string of the molecule is CCCCOc1ccc2nc3cc(Cl)ccc3c(NCCN(CC)CCCl)c2n1.Cl.Cl. The van der Waals surface area contributed by atoms with Gasteiger partial charge < -0.3 is 15.0 Å². The topological polar surface area (TPSA) is 50.3 Å². The van der Waals surface area contributed by atoms with Gasteiger partial charge in [-0.15, -0.1) is 36.4 Å². The third-order valence-electron chi connectivity index (χ3n) is 4.88. The lowest BCUT2D eigenvalue weighted by Crippen LogP contribution is -2.30. The van der Waals surface area contributed by atoms with Crippen molar-refractivity contribution in [2.45, 2.75) is 26.7 Å². The Kier molecular flexibility index (Phi) is 12.6. The minimum absolute atomic E-state index is 0. The number of nitrogens with one attached hydrogen (secondary N) is 1. The van der Waals surface area contributed by atoms with Crippen LogP contribution in [0.5, 0.6) is 5.88 Å². The number of alkyl halides is 1. The first kappa shape index (κ1) is 27.8. The van der Waals surface area contributed by atoms with E-state index < -0.39 is 0 Å². The van der Waals surface area contributed by atoms with Crippen molar-refractivity contribution in [3.63, 3.8) is 0 Å². The van der Waals surface area contributed by atoms with Gasteiger partial charge in [-0.3, -0.25) is 0 Å². The molecule has 0 aliphatic heterocycles. The Bertz CT molecular complexity index is 958. The second-order valence-corrected chi connectivity index (χ2v) is 7.73. The number of pyridine rings is 2.